The lowest BCUT2D eigenvalue weighted by atomic mass is 10.0. The summed E-state index contributed by atoms with van der Waals surface area (Å²) in [5, 5.41) is 4.38. The van der Waals surface area contributed by atoms with Gasteiger partial charge in [-0.05, 0) is 47.9 Å². The van der Waals surface area contributed by atoms with E-state index in [0.29, 0.717) is 5.92 Å². The minimum atomic E-state index is 0.127. The topological polar surface area (TPSA) is 37.3 Å². The van der Waals surface area contributed by atoms with Crippen molar-refractivity contribution in [2.24, 2.45) is 0 Å². The van der Waals surface area contributed by atoms with Gasteiger partial charge in [0.15, 0.2) is 0 Å². The third kappa shape index (κ3) is 3.13. The Hall–Kier alpha value is -2.59. The number of piperazine rings is 1. The highest BCUT2D eigenvalue weighted by atomic mass is 16.2. The normalized spacial score (nSPS) is 15.0. The summed E-state index contributed by atoms with van der Waals surface area (Å²) in [6, 6.07) is 16.8. The van der Waals surface area contributed by atoms with E-state index in [4.69, 9.17) is 0 Å². The molecule has 2 aromatic carbocycles. The van der Waals surface area contributed by atoms with Crippen LogP contribution >= 0.6 is 0 Å². The number of carbonyl (C=O) groups is 1. The molecule has 0 radical (unpaired) electrons. The Bertz CT molecular complexity index is 918. The van der Waals surface area contributed by atoms with Crippen molar-refractivity contribution < 1.29 is 4.79 Å². The average molecular weight is 347 g/mol. The van der Waals surface area contributed by atoms with Gasteiger partial charge in [0.2, 0.25) is 0 Å². The number of carbonyl (C=O) groups excluding carboxylic acids is 1. The van der Waals surface area contributed by atoms with E-state index in [1.54, 1.807) is 0 Å². The van der Waals surface area contributed by atoms with E-state index in [1.807, 2.05) is 17.0 Å². The van der Waals surface area contributed by atoms with Crippen molar-refractivity contribution in [2.45, 2.75) is 19.8 Å². The monoisotopic (exact) mass is 347 g/mol. The first kappa shape index (κ1) is 16.9. The van der Waals surface area contributed by atoms with Gasteiger partial charge in [0.05, 0.1) is 5.52 Å². The Labute approximate surface area is 154 Å². The SMILES string of the molecule is CC(C)c1ccc(-n2ccc3cc(C(=O)N4CCNCC4)ccc32)cc1. The summed E-state index contributed by atoms with van der Waals surface area (Å²) < 4.78 is 2.18. The molecule has 0 atom stereocenters. The summed E-state index contributed by atoms with van der Waals surface area (Å²) in [7, 11) is 0. The molecule has 2 heterocycles. The Morgan fingerprint density at radius 3 is 2.42 bits per heavy atom. The highest BCUT2D eigenvalue weighted by Crippen LogP contribution is 2.24. The maximum atomic E-state index is 12.7. The maximum Gasteiger partial charge on any atom is 0.253 e. The Kier molecular flexibility index (Phi) is 4.51. The van der Waals surface area contributed by atoms with Crippen LogP contribution in [0.1, 0.15) is 35.7 Å². The molecule has 1 aromatic heterocycles. The van der Waals surface area contributed by atoms with Gasteiger partial charge in [-0.2, -0.15) is 0 Å². The standard InChI is InChI=1S/C22H25N3O/c1-16(2)17-3-6-20(7-4-17)25-12-9-18-15-19(5-8-21(18)25)22(26)24-13-10-23-11-14-24/h3-9,12,15-16,23H,10-11,13-14H2,1-2H3. The molecule has 4 rings (SSSR count). The Morgan fingerprint density at radius 2 is 1.73 bits per heavy atom. The molecule has 4 nitrogen and oxygen atoms in total. The van der Waals surface area contributed by atoms with E-state index >= 15 is 0 Å². The number of amides is 1. The van der Waals surface area contributed by atoms with E-state index in [-0.39, 0.29) is 5.91 Å². The summed E-state index contributed by atoms with van der Waals surface area (Å²) in [5.74, 6) is 0.659. The Balaban J connectivity index is 1.64. The van der Waals surface area contributed by atoms with Crippen molar-refractivity contribution in [2.75, 3.05) is 26.2 Å². The van der Waals surface area contributed by atoms with E-state index in [9.17, 15) is 4.79 Å². The fourth-order valence-corrected chi connectivity index (χ4v) is 3.57. The molecule has 134 valence electrons. The molecule has 1 amide bonds. The number of aromatic nitrogens is 1. The zero-order chi connectivity index (χ0) is 18.1. The van der Waals surface area contributed by atoms with Gasteiger partial charge in [0.1, 0.15) is 0 Å². The summed E-state index contributed by atoms with van der Waals surface area (Å²) in [4.78, 5) is 14.6. The highest BCUT2D eigenvalue weighted by molar-refractivity contribution is 5.98. The van der Waals surface area contributed by atoms with E-state index in [1.165, 1.54) is 5.56 Å². The van der Waals surface area contributed by atoms with Gasteiger partial charge < -0.3 is 14.8 Å². The maximum absolute atomic E-state index is 12.7. The molecular formula is C22H25N3O. The fourth-order valence-electron chi connectivity index (χ4n) is 3.57. The van der Waals surface area contributed by atoms with Gasteiger partial charge in [-0.3, -0.25) is 4.79 Å². The third-order valence-corrected chi connectivity index (χ3v) is 5.18. The van der Waals surface area contributed by atoms with Crippen LogP contribution in [-0.4, -0.2) is 41.6 Å². The van der Waals surface area contributed by atoms with Gasteiger partial charge in [-0.15, -0.1) is 0 Å². The lowest BCUT2D eigenvalue weighted by Gasteiger charge is -2.27. The molecule has 0 spiro atoms. The van der Waals surface area contributed by atoms with Gasteiger partial charge >= 0.3 is 0 Å². The van der Waals surface area contributed by atoms with Crippen molar-refractivity contribution in [1.29, 1.82) is 0 Å². The molecule has 4 heteroatoms. The van der Waals surface area contributed by atoms with Gasteiger partial charge in [0.25, 0.3) is 5.91 Å². The van der Waals surface area contributed by atoms with Crippen LogP contribution in [0.2, 0.25) is 0 Å². The van der Waals surface area contributed by atoms with E-state index in [0.717, 1.165) is 48.3 Å². The highest BCUT2D eigenvalue weighted by Gasteiger charge is 2.18. The second kappa shape index (κ2) is 6.96. The van der Waals surface area contributed by atoms with Gasteiger partial charge in [-0.1, -0.05) is 26.0 Å². The molecule has 0 bridgehead atoms. The molecular weight excluding hydrogens is 322 g/mol. The van der Waals surface area contributed by atoms with Crippen molar-refractivity contribution in [3.8, 4) is 5.69 Å². The molecule has 0 unspecified atom stereocenters. The van der Waals surface area contributed by atoms with Crippen LogP contribution < -0.4 is 5.32 Å². The molecule has 1 aliphatic rings. The number of benzene rings is 2. The largest absolute Gasteiger partial charge is 0.336 e. The average Bonchev–Trinajstić information content (AvgIpc) is 3.11. The quantitative estimate of drug-likeness (QED) is 0.782. The van der Waals surface area contributed by atoms with Crippen molar-refractivity contribution in [3.63, 3.8) is 0 Å². The Morgan fingerprint density at radius 1 is 1.00 bits per heavy atom. The number of hydrogen-bond acceptors (Lipinski definition) is 2. The number of rotatable bonds is 3. The molecule has 0 aliphatic carbocycles. The summed E-state index contributed by atoms with van der Waals surface area (Å²) in [6.45, 7) is 7.71. The van der Waals surface area contributed by atoms with Gasteiger partial charge in [0, 0.05) is 49.0 Å². The second-order valence-corrected chi connectivity index (χ2v) is 7.25. The fraction of sp³-hybridized carbons (Fsp3) is 0.318. The number of hydrogen-bond donors (Lipinski definition) is 1. The van der Waals surface area contributed by atoms with Crippen molar-refractivity contribution in [3.05, 3.63) is 65.9 Å². The third-order valence-electron chi connectivity index (χ3n) is 5.18. The first-order valence-corrected chi connectivity index (χ1v) is 9.35. The van der Waals surface area contributed by atoms with Crippen LogP contribution in [0.3, 0.4) is 0 Å². The molecule has 1 fully saturated rings. The molecule has 0 saturated carbocycles. The lowest BCUT2D eigenvalue weighted by Crippen LogP contribution is -2.46. The number of nitrogens with zero attached hydrogens (tertiary/aromatic N) is 2. The molecule has 1 N–H and O–H groups in total. The summed E-state index contributed by atoms with van der Waals surface area (Å²) in [6.07, 6.45) is 2.08. The zero-order valence-electron chi connectivity index (χ0n) is 15.4. The first-order valence-electron chi connectivity index (χ1n) is 9.35. The van der Waals surface area contributed by atoms with Crippen molar-refractivity contribution in [1.82, 2.24) is 14.8 Å². The van der Waals surface area contributed by atoms with Gasteiger partial charge in [-0.25, -0.2) is 0 Å². The van der Waals surface area contributed by atoms with E-state index < -0.39 is 0 Å². The molecule has 3 aromatic rings. The summed E-state index contributed by atoms with van der Waals surface area (Å²) in [5.41, 5.74) is 4.38. The van der Waals surface area contributed by atoms with Crippen LogP contribution in [-0.2, 0) is 0 Å². The minimum Gasteiger partial charge on any atom is -0.336 e. The first-order chi connectivity index (χ1) is 12.6. The minimum absolute atomic E-state index is 0.127. The van der Waals surface area contributed by atoms with Crippen LogP contribution in [0, 0.1) is 0 Å². The zero-order valence-corrected chi connectivity index (χ0v) is 15.4. The second-order valence-electron chi connectivity index (χ2n) is 7.25. The summed E-state index contributed by atoms with van der Waals surface area (Å²) >= 11 is 0. The van der Waals surface area contributed by atoms with Crippen LogP contribution in [0.25, 0.3) is 16.6 Å². The van der Waals surface area contributed by atoms with E-state index in [2.05, 4.69) is 66.3 Å². The van der Waals surface area contributed by atoms with Crippen LogP contribution in [0.15, 0.2) is 54.7 Å². The van der Waals surface area contributed by atoms with Crippen molar-refractivity contribution >= 4 is 16.8 Å². The lowest BCUT2D eigenvalue weighted by molar-refractivity contribution is 0.0736. The number of fused-ring (bicyclic) bond motifs is 1. The predicted octanol–water partition coefficient (Wildman–Crippen LogP) is 3.80. The predicted molar refractivity (Wildman–Crippen MR) is 106 cm³/mol. The molecule has 26 heavy (non-hydrogen) atoms. The number of nitrogens with one attached hydrogen (secondary N) is 1. The molecule has 1 aliphatic heterocycles. The van der Waals surface area contributed by atoms with Crippen LogP contribution in [0.5, 0.6) is 0 Å². The van der Waals surface area contributed by atoms with Crippen LogP contribution in [0.4, 0.5) is 0 Å². The molecule has 1 saturated heterocycles. The smallest absolute Gasteiger partial charge is 0.253 e.